The van der Waals surface area contributed by atoms with Crippen molar-refractivity contribution in [3.63, 3.8) is 0 Å². The summed E-state index contributed by atoms with van der Waals surface area (Å²) in [4.78, 5) is 0. The maximum atomic E-state index is 11.1. The van der Waals surface area contributed by atoms with Crippen LogP contribution in [0.4, 0.5) is 0 Å². The third-order valence-corrected chi connectivity index (χ3v) is 6.26. The Morgan fingerprint density at radius 3 is 1.76 bits per heavy atom. The van der Waals surface area contributed by atoms with Gasteiger partial charge in [0.15, 0.2) is 0 Å². The second-order valence-corrected chi connectivity index (χ2v) is 7.95. The molecule has 0 aliphatic heterocycles. The van der Waals surface area contributed by atoms with Crippen LogP contribution in [-0.2, 0) is 5.41 Å². The van der Waals surface area contributed by atoms with Gasteiger partial charge in [0, 0.05) is 11.0 Å². The lowest BCUT2D eigenvalue weighted by Crippen LogP contribution is -2.23. The molecule has 0 unspecified atom stereocenters. The van der Waals surface area contributed by atoms with E-state index < -0.39 is 5.41 Å². The van der Waals surface area contributed by atoms with Gasteiger partial charge in [-0.05, 0) is 77.1 Å². The molecule has 4 aromatic carbocycles. The number of phenols is 2. The molecule has 0 saturated heterocycles. The zero-order chi connectivity index (χ0) is 20.2. The molecule has 2 heteroatoms. The molecule has 0 saturated carbocycles. The summed E-state index contributed by atoms with van der Waals surface area (Å²) < 4.78 is 0. The zero-order valence-corrected chi connectivity index (χ0v) is 16.5. The van der Waals surface area contributed by atoms with E-state index in [2.05, 4.69) is 61.5 Å². The van der Waals surface area contributed by atoms with Gasteiger partial charge in [0.1, 0.15) is 11.5 Å². The molecule has 142 valence electrons. The van der Waals surface area contributed by atoms with Crippen molar-refractivity contribution in [2.24, 2.45) is 0 Å². The molecule has 0 atom stereocenters. The van der Waals surface area contributed by atoms with Gasteiger partial charge < -0.3 is 10.2 Å². The summed E-state index contributed by atoms with van der Waals surface area (Å²) in [6.45, 7) is 4.14. The third-order valence-electron chi connectivity index (χ3n) is 6.26. The minimum Gasteiger partial charge on any atom is -0.508 e. The number of hydrogen-bond donors (Lipinski definition) is 2. The first-order valence-corrected chi connectivity index (χ1v) is 9.83. The van der Waals surface area contributed by atoms with Crippen LogP contribution in [0.2, 0.25) is 0 Å². The normalized spacial score (nSPS) is 13.7. The third kappa shape index (κ3) is 2.49. The van der Waals surface area contributed by atoms with Crippen molar-refractivity contribution < 1.29 is 10.2 Å². The molecule has 5 rings (SSSR count). The summed E-state index contributed by atoms with van der Waals surface area (Å²) in [6, 6.07) is 28.2. The van der Waals surface area contributed by atoms with E-state index in [0.29, 0.717) is 5.75 Å². The molecule has 0 radical (unpaired) electrons. The molecule has 4 aromatic rings. The van der Waals surface area contributed by atoms with Gasteiger partial charge in [0.2, 0.25) is 0 Å². The molecular formula is C27H22O2. The molecule has 0 heterocycles. The fraction of sp³-hybridized carbons (Fsp3) is 0.111. The van der Waals surface area contributed by atoms with E-state index in [1.807, 2.05) is 25.1 Å². The van der Waals surface area contributed by atoms with E-state index in [1.54, 1.807) is 12.1 Å². The Morgan fingerprint density at radius 1 is 0.621 bits per heavy atom. The molecule has 0 amide bonds. The van der Waals surface area contributed by atoms with Gasteiger partial charge in [-0.2, -0.15) is 0 Å². The molecule has 1 aliphatic rings. The van der Waals surface area contributed by atoms with Gasteiger partial charge in [-0.25, -0.2) is 0 Å². The van der Waals surface area contributed by atoms with Crippen molar-refractivity contribution in [3.8, 4) is 33.8 Å². The van der Waals surface area contributed by atoms with Gasteiger partial charge in [-0.1, -0.05) is 60.7 Å². The van der Waals surface area contributed by atoms with Crippen LogP contribution in [0, 0.1) is 6.92 Å². The highest BCUT2D eigenvalue weighted by molar-refractivity contribution is 5.84. The number of fused-ring (bicyclic) bond motifs is 3. The second-order valence-electron chi connectivity index (χ2n) is 7.95. The van der Waals surface area contributed by atoms with E-state index in [9.17, 15) is 10.2 Å². The largest absolute Gasteiger partial charge is 0.508 e. The second kappa shape index (κ2) is 6.25. The van der Waals surface area contributed by atoms with E-state index in [4.69, 9.17) is 0 Å². The number of aryl methyl sites for hydroxylation is 1. The van der Waals surface area contributed by atoms with Crippen molar-refractivity contribution in [2.75, 3.05) is 0 Å². The van der Waals surface area contributed by atoms with E-state index in [1.165, 1.54) is 22.3 Å². The summed E-state index contributed by atoms with van der Waals surface area (Å²) in [6.07, 6.45) is 0. The molecular weight excluding hydrogens is 356 g/mol. The van der Waals surface area contributed by atoms with Crippen molar-refractivity contribution >= 4 is 0 Å². The molecule has 2 N–H and O–H groups in total. The Bertz CT molecular complexity index is 1190. The van der Waals surface area contributed by atoms with Gasteiger partial charge >= 0.3 is 0 Å². The Labute approximate surface area is 170 Å². The summed E-state index contributed by atoms with van der Waals surface area (Å²) in [5, 5.41) is 20.8. The maximum absolute atomic E-state index is 11.1. The van der Waals surface area contributed by atoms with Crippen LogP contribution < -0.4 is 0 Å². The van der Waals surface area contributed by atoms with Crippen LogP contribution in [-0.4, -0.2) is 10.2 Å². The highest BCUT2D eigenvalue weighted by Gasteiger charge is 2.42. The fourth-order valence-corrected chi connectivity index (χ4v) is 4.72. The van der Waals surface area contributed by atoms with Crippen LogP contribution in [0.5, 0.6) is 11.5 Å². The molecule has 0 aromatic heterocycles. The zero-order valence-electron chi connectivity index (χ0n) is 16.5. The average Bonchev–Trinajstić information content (AvgIpc) is 3.01. The Balaban J connectivity index is 1.81. The fourth-order valence-electron chi connectivity index (χ4n) is 4.72. The molecule has 1 aliphatic carbocycles. The van der Waals surface area contributed by atoms with Gasteiger partial charge in [-0.15, -0.1) is 0 Å². The first-order chi connectivity index (χ1) is 14.0. The van der Waals surface area contributed by atoms with Crippen molar-refractivity contribution in [3.05, 3.63) is 107 Å². The summed E-state index contributed by atoms with van der Waals surface area (Å²) in [5.41, 5.74) is 8.18. The molecule has 0 spiro atoms. The quantitative estimate of drug-likeness (QED) is 0.423. The minimum absolute atomic E-state index is 0.245. The van der Waals surface area contributed by atoms with E-state index >= 15 is 0 Å². The Hall–Kier alpha value is -3.52. The lowest BCUT2D eigenvalue weighted by Gasteiger charge is -2.30. The van der Waals surface area contributed by atoms with Crippen molar-refractivity contribution in [1.29, 1.82) is 0 Å². The lowest BCUT2D eigenvalue weighted by molar-refractivity contribution is 0.454. The van der Waals surface area contributed by atoms with Crippen LogP contribution in [0.1, 0.15) is 29.2 Å². The Kier molecular flexibility index (Phi) is 3.78. The van der Waals surface area contributed by atoms with Crippen LogP contribution >= 0.6 is 0 Å². The number of hydrogen-bond acceptors (Lipinski definition) is 2. The van der Waals surface area contributed by atoms with E-state index in [-0.39, 0.29) is 5.75 Å². The maximum Gasteiger partial charge on any atom is 0.122 e. The number of aromatic hydroxyl groups is 2. The van der Waals surface area contributed by atoms with E-state index in [0.717, 1.165) is 22.3 Å². The number of phenolic OH excluding ortho intramolecular Hbond substituents is 2. The number of benzene rings is 4. The highest BCUT2D eigenvalue weighted by atomic mass is 16.3. The standard InChI is InChI=1S/C27H22O2/c1-17-15-19(18-11-13-20(28)14-12-18)16-25(26(17)29)27(2)23-9-5-3-7-21(23)22-8-4-6-10-24(22)27/h3-16,28-29H,1-2H3. The number of rotatable bonds is 2. The SMILES string of the molecule is Cc1cc(-c2ccc(O)cc2)cc(C2(C)c3ccccc3-c3ccccc32)c1O. The summed E-state index contributed by atoms with van der Waals surface area (Å²) in [5.74, 6) is 0.580. The monoisotopic (exact) mass is 378 g/mol. The molecule has 2 nitrogen and oxygen atoms in total. The summed E-state index contributed by atoms with van der Waals surface area (Å²) in [7, 11) is 0. The molecule has 29 heavy (non-hydrogen) atoms. The molecule has 0 bridgehead atoms. The van der Waals surface area contributed by atoms with Crippen LogP contribution in [0.3, 0.4) is 0 Å². The average molecular weight is 378 g/mol. The Morgan fingerprint density at radius 2 is 1.17 bits per heavy atom. The smallest absolute Gasteiger partial charge is 0.122 e. The predicted molar refractivity (Wildman–Crippen MR) is 117 cm³/mol. The lowest BCUT2D eigenvalue weighted by atomic mass is 9.72. The van der Waals surface area contributed by atoms with Gasteiger partial charge in [-0.3, -0.25) is 0 Å². The molecule has 0 fully saturated rings. The topological polar surface area (TPSA) is 40.5 Å². The summed E-state index contributed by atoms with van der Waals surface area (Å²) >= 11 is 0. The van der Waals surface area contributed by atoms with Gasteiger partial charge in [0.25, 0.3) is 0 Å². The predicted octanol–water partition coefficient (Wildman–Crippen LogP) is 6.41. The minimum atomic E-state index is -0.449. The first-order valence-electron chi connectivity index (χ1n) is 9.83. The highest BCUT2D eigenvalue weighted by Crippen LogP contribution is 2.54. The van der Waals surface area contributed by atoms with Gasteiger partial charge in [0.05, 0.1) is 0 Å². The van der Waals surface area contributed by atoms with Crippen molar-refractivity contribution in [2.45, 2.75) is 19.3 Å². The van der Waals surface area contributed by atoms with Crippen LogP contribution in [0.15, 0.2) is 84.9 Å². The first kappa shape index (κ1) is 17.6. The van der Waals surface area contributed by atoms with Crippen molar-refractivity contribution in [1.82, 2.24) is 0 Å². The van der Waals surface area contributed by atoms with Crippen LogP contribution in [0.25, 0.3) is 22.3 Å².